The predicted molar refractivity (Wildman–Crippen MR) is 71.4 cm³/mol. The van der Waals surface area contributed by atoms with Gasteiger partial charge in [-0.15, -0.1) is 0 Å². The Labute approximate surface area is 117 Å². The average Bonchev–Trinajstić information content (AvgIpc) is 2.34. The monoisotopic (exact) mass is 346 g/mol. The van der Waals surface area contributed by atoms with E-state index in [0.29, 0.717) is 4.47 Å². The van der Waals surface area contributed by atoms with Crippen molar-refractivity contribution in [2.24, 2.45) is 0 Å². The first-order valence-corrected chi connectivity index (χ1v) is 7.21. The number of aromatic nitrogens is 2. The number of nitrogens with zero attached hydrogens (tertiary/aromatic N) is 2. The zero-order chi connectivity index (χ0) is 14.0. The minimum Gasteiger partial charge on any atom is -0.368 e. The van der Waals surface area contributed by atoms with Crippen LogP contribution in [0.25, 0.3) is 0 Å². The molecule has 100 valence electrons. The molecule has 2 rings (SSSR count). The first kappa shape index (κ1) is 13.7. The topological polar surface area (TPSA) is 98.0 Å². The molecule has 0 unspecified atom stereocenters. The van der Waals surface area contributed by atoms with Crippen LogP contribution in [-0.4, -0.2) is 18.4 Å². The lowest BCUT2D eigenvalue weighted by Gasteiger charge is -2.08. The molecular formula is C10H8BrFN4O2S. The van der Waals surface area contributed by atoms with Crippen molar-refractivity contribution < 1.29 is 12.8 Å². The van der Waals surface area contributed by atoms with E-state index >= 15 is 0 Å². The minimum atomic E-state index is -3.96. The Kier molecular flexibility index (Phi) is 3.67. The number of hydrogen-bond donors (Lipinski definition) is 2. The van der Waals surface area contributed by atoms with Crippen molar-refractivity contribution in [3.05, 3.63) is 40.9 Å². The van der Waals surface area contributed by atoms with Crippen molar-refractivity contribution >= 4 is 37.6 Å². The van der Waals surface area contributed by atoms with Crippen LogP contribution < -0.4 is 10.5 Å². The Morgan fingerprint density at radius 3 is 2.53 bits per heavy atom. The molecule has 2 aromatic rings. The van der Waals surface area contributed by atoms with Gasteiger partial charge >= 0.3 is 0 Å². The van der Waals surface area contributed by atoms with Gasteiger partial charge < -0.3 is 5.73 Å². The quantitative estimate of drug-likeness (QED) is 0.882. The second-order valence-corrected chi connectivity index (χ2v) is 6.10. The number of nitrogen functional groups attached to an aromatic ring is 1. The molecule has 1 aromatic heterocycles. The molecule has 0 saturated carbocycles. The second kappa shape index (κ2) is 5.10. The Hall–Kier alpha value is -1.74. The summed E-state index contributed by atoms with van der Waals surface area (Å²) in [6.07, 6.45) is 2.08. The van der Waals surface area contributed by atoms with Gasteiger partial charge in [-0.1, -0.05) is 15.9 Å². The molecule has 0 aliphatic heterocycles. The summed E-state index contributed by atoms with van der Waals surface area (Å²) in [5, 5.41) is 0. The SMILES string of the molecule is Nc1ncc(S(=O)(=O)Nc2cc(Br)ccc2F)cn1. The van der Waals surface area contributed by atoms with Gasteiger partial charge in [0.05, 0.1) is 18.1 Å². The normalized spacial score (nSPS) is 11.3. The zero-order valence-corrected chi connectivity index (χ0v) is 11.7. The summed E-state index contributed by atoms with van der Waals surface area (Å²) >= 11 is 3.13. The maximum atomic E-state index is 13.5. The molecule has 0 radical (unpaired) electrons. The zero-order valence-electron chi connectivity index (χ0n) is 9.34. The lowest BCUT2D eigenvalue weighted by molar-refractivity contribution is 0.597. The fourth-order valence-corrected chi connectivity index (χ4v) is 2.55. The van der Waals surface area contributed by atoms with Crippen molar-refractivity contribution in [1.82, 2.24) is 9.97 Å². The summed E-state index contributed by atoms with van der Waals surface area (Å²) in [6.45, 7) is 0. The van der Waals surface area contributed by atoms with Crippen LogP contribution in [0.2, 0.25) is 0 Å². The van der Waals surface area contributed by atoms with Crippen molar-refractivity contribution in [3.63, 3.8) is 0 Å². The Bertz CT molecular complexity index is 706. The van der Waals surface area contributed by atoms with E-state index in [2.05, 4.69) is 30.6 Å². The van der Waals surface area contributed by atoms with Crippen LogP contribution in [0.15, 0.2) is 40.0 Å². The molecule has 6 nitrogen and oxygen atoms in total. The molecule has 19 heavy (non-hydrogen) atoms. The molecule has 1 aromatic carbocycles. The maximum absolute atomic E-state index is 13.5. The van der Waals surface area contributed by atoms with Gasteiger partial charge in [-0.3, -0.25) is 4.72 Å². The molecule has 9 heteroatoms. The van der Waals surface area contributed by atoms with Gasteiger partial charge in [0, 0.05) is 4.47 Å². The van der Waals surface area contributed by atoms with Crippen LogP contribution in [0, 0.1) is 5.82 Å². The summed E-state index contributed by atoms with van der Waals surface area (Å²) in [6, 6.07) is 3.91. The van der Waals surface area contributed by atoms with Crippen molar-refractivity contribution in [1.29, 1.82) is 0 Å². The standard InChI is InChI=1S/C10H8BrFN4O2S/c11-6-1-2-8(12)9(3-6)16-19(17,18)7-4-14-10(13)15-5-7/h1-5,16H,(H2,13,14,15). The third kappa shape index (κ3) is 3.18. The Morgan fingerprint density at radius 1 is 1.26 bits per heavy atom. The number of anilines is 2. The third-order valence-electron chi connectivity index (χ3n) is 2.13. The first-order valence-electron chi connectivity index (χ1n) is 4.94. The molecule has 1 heterocycles. The lowest BCUT2D eigenvalue weighted by Crippen LogP contribution is -2.15. The molecule has 0 saturated heterocycles. The van der Waals surface area contributed by atoms with Gasteiger partial charge in [-0.05, 0) is 18.2 Å². The van der Waals surface area contributed by atoms with Gasteiger partial charge in [-0.25, -0.2) is 22.8 Å². The highest BCUT2D eigenvalue weighted by molar-refractivity contribution is 9.10. The van der Waals surface area contributed by atoms with Gasteiger partial charge in [0.1, 0.15) is 10.7 Å². The fraction of sp³-hybridized carbons (Fsp3) is 0. The largest absolute Gasteiger partial charge is 0.368 e. The van der Waals surface area contributed by atoms with E-state index in [1.54, 1.807) is 0 Å². The van der Waals surface area contributed by atoms with Gasteiger partial charge in [-0.2, -0.15) is 0 Å². The first-order chi connectivity index (χ1) is 8.88. The van der Waals surface area contributed by atoms with E-state index in [-0.39, 0.29) is 16.5 Å². The number of benzene rings is 1. The van der Waals surface area contributed by atoms with Crippen molar-refractivity contribution in [3.8, 4) is 0 Å². The molecule has 0 atom stereocenters. The number of sulfonamides is 1. The molecule has 0 spiro atoms. The average molecular weight is 347 g/mol. The molecule has 3 N–H and O–H groups in total. The van der Waals surface area contributed by atoms with E-state index in [1.807, 2.05) is 0 Å². The molecule has 0 fully saturated rings. The van der Waals surface area contributed by atoms with Crippen LogP contribution >= 0.6 is 15.9 Å². The van der Waals surface area contributed by atoms with Crippen LogP contribution in [-0.2, 0) is 10.0 Å². The Balaban J connectivity index is 2.36. The van der Waals surface area contributed by atoms with Crippen LogP contribution in [0.1, 0.15) is 0 Å². The van der Waals surface area contributed by atoms with Crippen molar-refractivity contribution in [2.75, 3.05) is 10.5 Å². The number of hydrogen-bond acceptors (Lipinski definition) is 5. The van der Waals surface area contributed by atoms with E-state index in [4.69, 9.17) is 5.73 Å². The fourth-order valence-electron chi connectivity index (χ4n) is 1.24. The van der Waals surface area contributed by atoms with E-state index in [1.165, 1.54) is 12.1 Å². The van der Waals surface area contributed by atoms with Gasteiger partial charge in [0.25, 0.3) is 10.0 Å². The summed E-state index contributed by atoms with van der Waals surface area (Å²) in [5.74, 6) is -0.740. The minimum absolute atomic E-state index is 0.0485. The molecular weight excluding hydrogens is 339 g/mol. The van der Waals surface area contributed by atoms with E-state index < -0.39 is 15.8 Å². The number of rotatable bonds is 3. The van der Waals surface area contributed by atoms with Crippen LogP contribution in [0.5, 0.6) is 0 Å². The summed E-state index contributed by atoms with van der Waals surface area (Å²) in [4.78, 5) is 6.94. The highest BCUT2D eigenvalue weighted by atomic mass is 79.9. The molecule has 0 amide bonds. The number of nitrogens with two attached hydrogens (primary N) is 1. The molecule has 0 aliphatic carbocycles. The lowest BCUT2D eigenvalue weighted by atomic mass is 10.3. The summed E-state index contributed by atoms with van der Waals surface area (Å²) in [5.41, 5.74) is 5.09. The third-order valence-corrected chi connectivity index (χ3v) is 3.94. The predicted octanol–water partition coefficient (Wildman–Crippen LogP) is 1.76. The highest BCUT2D eigenvalue weighted by Gasteiger charge is 2.17. The van der Waals surface area contributed by atoms with Crippen LogP contribution in [0.3, 0.4) is 0 Å². The van der Waals surface area contributed by atoms with Gasteiger partial charge in [0.2, 0.25) is 5.95 Å². The smallest absolute Gasteiger partial charge is 0.265 e. The Morgan fingerprint density at radius 2 is 1.89 bits per heavy atom. The summed E-state index contributed by atoms with van der Waals surface area (Å²) in [7, 11) is -3.96. The molecule has 0 bridgehead atoms. The van der Waals surface area contributed by atoms with E-state index in [0.717, 1.165) is 18.5 Å². The number of nitrogens with one attached hydrogen (secondary N) is 1. The van der Waals surface area contributed by atoms with Crippen molar-refractivity contribution in [2.45, 2.75) is 4.90 Å². The highest BCUT2D eigenvalue weighted by Crippen LogP contribution is 2.22. The molecule has 0 aliphatic rings. The summed E-state index contributed by atoms with van der Waals surface area (Å²) < 4.78 is 40.1. The van der Waals surface area contributed by atoms with Gasteiger partial charge in [0.15, 0.2) is 0 Å². The maximum Gasteiger partial charge on any atom is 0.265 e. The van der Waals surface area contributed by atoms with E-state index in [9.17, 15) is 12.8 Å². The van der Waals surface area contributed by atoms with Crippen LogP contribution in [0.4, 0.5) is 16.0 Å². The second-order valence-electron chi connectivity index (χ2n) is 3.51. The number of halogens is 2.